The Morgan fingerprint density at radius 1 is 0.788 bits per heavy atom. The number of carbonyl (C=O) groups is 1. The van der Waals surface area contributed by atoms with Gasteiger partial charge in [-0.3, -0.25) is 9.97 Å². The summed E-state index contributed by atoms with van der Waals surface area (Å²) in [6.45, 7) is 12.1. The first-order valence-electron chi connectivity index (χ1n) is 10.9. The number of pyridine rings is 2. The van der Waals surface area contributed by atoms with Crippen LogP contribution in [0.1, 0.15) is 72.4 Å². The molecule has 2 heterocycles. The number of rotatable bonds is 3. The predicted octanol–water partition coefficient (Wildman–Crippen LogP) is 5.63. The second-order valence-electron chi connectivity index (χ2n) is 8.79. The molecular weight excluding hydrogens is 464 g/mol. The van der Waals surface area contributed by atoms with Crippen molar-refractivity contribution in [2.45, 2.75) is 53.4 Å². The van der Waals surface area contributed by atoms with Crippen LogP contribution in [0.25, 0.3) is 21.8 Å². The second kappa shape index (κ2) is 10.8. The molecule has 0 unspecified atom stereocenters. The molecule has 4 N–H and O–H groups in total. The van der Waals surface area contributed by atoms with Gasteiger partial charge in [-0.2, -0.15) is 0 Å². The third-order valence-electron chi connectivity index (χ3n) is 5.52. The van der Waals surface area contributed by atoms with Crippen molar-refractivity contribution in [1.29, 1.82) is 0 Å². The third kappa shape index (κ3) is 5.89. The van der Waals surface area contributed by atoms with Crippen LogP contribution in [-0.4, -0.2) is 26.2 Å². The smallest absolute Gasteiger partial charge is 0.592 e. The van der Waals surface area contributed by atoms with E-state index in [9.17, 15) is 4.79 Å². The molecule has 0 aliphatic rings. The molecule has 4 rings (SSSR count). The Morgan fingerprint density at radius 2 is 1.24 bits per heavy atom. The summed E-state index contributed by atoms with van der Waals surface area (Å²) in [5, 5.41) is 17.4. The van der Waals surface area contributed by atoms with Gasteiger partial charge in [-0.25, -0.2) is 0 Å². The first-order valence-corrected chi connectivity index (χ1v) is 10.9. The van der Waals surface area contributed by atoms with Gasteiger partial charge < -0.3 is 10.2 Å². The van der Waals surface area contributed by atoms with E-state index in [1.165, 1.54) is 0 Å². The summed E-state index contributed by atoms with van der Waals surface area (Å²) in [6.07, 6.45) is 0. The molecule has 5 nitrogen and oxygen atoms in total. The molecular formula is C27H32CuN2O3+4. The summed E-state index contributed by atoms with van der Waals surface area (Å²) in [5.74, 6) is -0.0608. The van der Waals surface area contributed by atoms with Crippen LogP contribution in [0, 0.1) is 13.8 Å². The number of aromatic nitrogens is 2. The van der Waals surface area contributed by atoms with E-state index in [4.69, 9.17) is 10.2 Å². The molecule has 0 bridgehead atoms. The van der Waals surface area contributed by atoms with E-state index in [0.29, 0.717) is 5.92 Å². The zero-order chi connectivity index (χ0) is 23.6. The molecule has 4 aromatic rings. The number of hydrogen-bond donors (Lipinski definition) is 0. The minimum absolute atomic E-state index is 0. The molecule has 1 radical (unpaired) electrons. The average molecular weight is 496 g/mol. The Balaban J connectivity index is 0.000000227. The average Bonchev–Trinajstić information content (AvgIpc) is 2.73. The van der Waals surface area contributed by atoms with Crippen molar-refractivity contribution in [2.75, 3.05) is 0 Å². The predicted molar refractivity (Wildman–Crippen MR) is 132 cm³/mol. The monoisotopic (exact) mass is 495 g/mol. The molecule has 0 fully saturated rings. The Kier molecular flexibility index (Phi) is 8.59. The van der Waals surface area contributed by atoms with Crippen LogP contribution in [-0.2, 0) is 17.1 Å². The summed E-state index contributed by atoms with van der Waals surface area (Å²) in [7, 11) is 0. The zero-order valence-corrected chi connectivity index (χ0v) is 20.8. The number of aryl methyl sites for hydroxylation is 2. The Morgan fingerprint density at radius 3 is 1.64 bits per heavy atom. The van der Waals surface area contributed by atoms with Gasteiger partial charge >= 0.3 is 23.0 Å². The Bertz CT molecular complexity index is 1240. The van der Waals surface area contributed by atoms with Gasteiger partial charge in [-0.15, -0.1) is 0 Å². The van der Waals surface area contributed by atoms with Crippen LogP contribution in [0.4, 0.5) is 0 Å². The fourth-order valence-corrected chi connectivity index (χ4v) is 3.62. The van der Waals surface area contributed by atoms with Crippen molar-refractivity contribution in [3.05, 3.63) is 76.6 Å². The maximum Gasteiger partial charge on any atom is 2.00 e. The van der Waals surface area contributed by atoms with Gasteiger partial charge in [0, 0.05) is 27.0 Å². The van der Waals surface area contributed by atoms with Crippen LogP contribution < -0.4 is 0 Å². The molecule has 175 valence electrons. The number of fused-ring (bicyclic) bond motifs is 3. The summed E-state index contributed by atoms with van der Waals surface area (Å²) in [5.41, 5.74) is 6.15. The molecule has 6 heteroatoms. The van der Waals surface area contributed by atoms with Crippen molar-refractivity contribution in [2.24, 2.45) is 0 Å². The van der Waals surface area contributed by atoms with E-state index in [-0.39, 0.29) is 34.3 Å². The molecule has 2 aromatic heterocycles. The van der Waals surface area contributed by atoms with Crippen molar-refractivity contribution >= 4 is 27.8 Å². The van der Waals surface area contributed by atoms with E-state index < -0.39 is 5.97 Å². The van der Waals surface area contributed by atoms with E-state index in [1.54, 1.807) is 6.07 Å². The maximum atomic E-state index is 11.2. The summed E-state index contributed by atoms with van der Waals surface area (Å²) < 4.78 is 0. The van der Waals surface area contributed by atoms with Gasteiger partial charge in [-0.05, 0) is 55.5 Å². The third-order valence-corrected chi connectivity index (χ3v) is 5.52. The topological polar surface area (TPSA) is 88.6 Å². The van der Waals surface area contributed by atoms with Crippen molar-refractivity contribution < 1.29 is 32.1 Å². The fourth-order valence-electron chi connectivity index (χ4n) is 3.62. The number of carbonyl (C=O) groups excluding carboxylic acids is 1. The first kappa shape index (κ1) is 26.3. The molecule has 0 spiro atoms. The molecule has 0 saturated carbocycles. The van der Waals surface area contributed by atoms with E-state index in [2.05, 4.69) is 34.2 Å². The SMILES string of the molecule is CC(C)c1cc(C(=O)[OH2+])c([OH2+])c(C(C)C)c1.Cc1ccc2ccc3ccc(C)nc3c2n1.[Cu+2]. The van der Waals surface area contributed by atoms with Crippen LogP contribution in [0.2, 0.25) is 0 Å². The minimum Gasteiger partial charge on any atom is -0.592 e. The van der Waals surface area contributed by atoms with Gasteiger partial charge in [0.2, 0.25) is 5.56 Å². The van der Waals surface area contributed by atoms with Crippen LogP contribution >= 0.6 is 0 Å². The number of hydrogen-bond acceptors (Lipinski definition) is 3. The maximum absolute atomic E-state index is 11.2. The Hall–Kier alpha value is -2.95. The summed E-state index contributed by atoms with van der Waals surface area (Å²) >= 11 is 0. The summed E-state index contributed by atoms with van der Waals surface area (Å²) in [4.78, 5) is 20.3. The van der Waals surface area contributed by atoms with Crippen LogP contribution in [0.3, 0.4) is 0 Å². The van der Waals surface area contributed by atoms with Gasteiger partial charge in [0.15, 0.2) is 0 Å². The molecule has 0 amide bonds. The minimum atomic E-state index is -0.769. The normalized spacial score (nSPS) is 10.8. The first-order chi connectivity index (χ1) is 15.1. The second-order valence-corrected chi connectivity index (χ2v) is 8.79. The van der Waals surface area contributed by atoms with Gasteiger partial charge in [0.25, 0.3) is 5.75 Å². The van der Waals surface area contributed by atoms with Gasteiger partial charge in [-0.1, -0.05) is 52.0 Å². The molecule has 0 atom stereocenters. The van der Waals surface area contributed by atoms with E-state index >= 15 is 0 Å². The standard InChI is InChI=1S/C14H12N2.C13H18O3.Cu/c1-9-3-5-11-7-8-12-6-4-10(2)16-14(12)13(11)15-9;1-7(2)9-5-10(8(3)4)12(14)11(6-9)13(15)16;/h3-8H,1-2H3;5-8,14H,1-4H3,(H,15,16);/q;;+2/p+2. The largest absolute Gasteiger partial charge is 2.00 e. The van der Waals surface area contributed by atoms with Crippen LogP contribution in [0.5, 0.6) is 5.75 Å². The van der Waals surface area contributed by atoms with E-state index in [0.717, 1.165) is 44.3 Å². The van der Waals surface area contributed by atoms with Crippen LogP contribution in [0.15, 0.2) is 48.5 Å². The molecule has 0 aliphatic heterocycles. The zero-order valence-electron chi connectivity index (χ0n) is 19.9. The fraction of sp³-hybridized carbons (Fsp3) is 0.296. The number of nitrogens with zero attached hydrogens (tertiary/aromatic N) is 2. The van der Waals surface area contributed by atoms with Crippen molar-refractivity contribution in [1.82, 2.24) is 9.97 Å². The Labute approximate surface area is 205 Å². The molecule has 0 saturated heterocycles. The number of benzene rings is 2. The molecule has 2 aromatic carbocycles. The van der Waals surface area contributed by atoms with E-state index in [1.807, 2.05) is 59.7 Å². The van der Waals surface area contributed by atoms with Gasteiger partial charge in [0.1, 0.15) is 0 Å². The van der Waals surface area contributed by atoms with Crippen molar-refractivity contribution in [3.63, 3.8) is 0 Å². The van der Waals surface area contributed by atoms with Gasteiger partial charge in [0.05, 0.1) is 16.6 Å². The summed E-state index contributed by atoms with van der Waals surface area (Å²) in [6, 6.07) is 16.1. The molecule has 33 heavy (non-hydrogen) atoms. The van der Waals surface area contributed by atoms with Crippen molar-refractivity contribution in [3.8, 4) is 5.75 Å². The quantitative estimate of drug-likeness (QED) is 0.209. The molecule has 0 aliphatic carbocycles.